The number of nitrogens with one attached hydrogen (secondary N) is 1. The molecule has 1 saturated carbocycles. The van der Waals surface area contributed by atoms with Crippen LogP contribution in [0.25, 0.3) is 10.9 Å². The van der Waals surface area contributed by atoms with Crippen LogP contribution >= 0.6 is 0 Å². The first-order valence-corrected chi connectivity index (χ1v) is 12.5. The smallest absolute Gasteiger partial charge is 0.303 e. The van der Waals surface area contributed by atoms with E-state index in [4.69, 9.17) is 9.47 Å². The van der Waals surface area contributed by atoms with Crippen LogP contribution < -0.4 is 10.1 Å². The van der Waals surface area contributed by atoms with Gasteiger partial charge in [-0.25, -0.2) is 14.4 Å². The fourth-order valence-corrected chi connectivity index (χ4v) is 5.00. The van der Waals surface area contributed by atoms with E-state index in [2.05, 4.69) is 27.1 Å². The summed E-state index contributed by atoms with van der Waals surface area (Å²) in [5.74, 6) is 4.51. The average Bonchev–Trinajstić information content (AvgIpc) is 3.26. The van der Waals surface area contributed by atoms with Crippen LogP contribution in [0.1, 0.15) is 49.3 Å². The molecule has 3 aromatic rings. The fraction of sp³-hybridized carbons (Fsp3) is 0.448. The number of rotatable bonds is 6. The third-order valence-electron chi connectivity index (χ3n) is 7.41. The van der Waals surface area contributed by atoms with Crippen LogP contribution in [0.4, 0.5) is 19.0 Å². The van der Waals surface area contributed by atoms with Crippen molar-refractivity contribution in [3.8, 4) is 17.6 Å². The molecule has 9 heteroatoms. The van der Waals surface area contributed by atoms with Crippen LogP contribution in [-0.4, -0.2) is 41.0 Å². The summed E-state index contributed by atoms with van der Waals surface area (Å²) in [6.45, 7) is 6.82. The van der Waals surface area contributed by atoms with Crippen molar-refractivity contribution < 1.29 is 27.8 Å². The Morgan fingerprint density at radius 1 is 1.18 bits per heavy atom. The minimum atomic E-state index is -3.79. The molecule has 200 valence electrons. The Kier molecular flexibility index (Phi) is 6.52. The van der Waals surface area contributed by atoms with Gasteiger partial charge in [0.15, 0.2) is 0 Å². The van der Waals surface area contributed by atoms with Gasteiger partial charge in [0.1, 0.15) is 28.8 Å². The molecule has 2 heterocycles. The van der Waals surface area contributed by atoms with Crippen molar-refractivity contribution in [2.24, 2.45) is 17.8 Å². The molecule has 2 aromatic carbocycles. The first-order chi connectivity index (χ1) is 17.9. The van der Waals surface area contributed by atoms with Crippen molar-refractivity contribution in [1.82, 2.24) is 9.97 Å². The Bertz CT molecular complexity index is 1450. The van der Waals surface area contributed by atoms with Crippen molar-refractivity contribution in [2.45, 2.75) is 45.3 Å². The Hall–Kier alpha value is -3.35. The molecule has 0 spiro atoms. The van der Waals surface area contributed by atoms with E-state index in [0.717, 1.165) is 33.1 Å². The number of nitrogens with zero attached hydrogens (tertiary/aromatic N) is 2. The van der Waals surface area contributed by atoms with E-state index >= 15 is 4.39 Å². The number of hydrogen-bond donors (Lipinski definition) is 2. The highest BCUT2D eigenvalue weighted by atomic mass is 19.3. The van der Waals surface area contributed by atoms with Crippen molar-refractivity contribution in [1.29, 1.82) is 0 Å². The van der Waals surface area contributed by atoms with Crippen LogP contribution in [0.3, 0.4) is 0 Å². The van der Waals surface area contributed by atoms with Crippen molar-refractivity contribution >= 4 is 16.7 Å². The molecule has 1 unspecified atom stereocenters. The number of benzene rings is 2. The van der Waals surface area contributed by atoms with Gasteiger partial charge in [0.05, 0.1) is 43.0 Å². The minimum Gasteiger partial charge on any atom is -0.495 e. The van der Waals surface area contributed by atoms with E-state index < -0.39 is 28.9 Å². The van der Waals surface area contributed by atoms with Gasteiger partial charge in [0.25, 0.3) is 0 Å². The number of anilines is 1. The predicted molar refractivity (Wildman–Crippen MR) is 138 cm³/mol. The number of aryl methyl sites for hydroxylation is 1. The van der Waals surface area contributed by atoms with Crippen molar-refractivity contribution in [3.05, 3.63) is 58.7 Å². The first kappa shape index (κ1) is 26.3. The summed E-state index contributed by atoms with van der Waals surface area (Å²) >= 11 is 0. The summed E-state index contributed by atoms with van der Waals surface area (Å²) < 4.78 is 56.0. The van der Waals surface area contributed by atoms with Gasteiger partial charge in [-0.05, 0) is 45.9 Å². The second kappa shape index (κ2) is 9.44. The van der Waals surface area contributed by atoms with Gasteiger partial charge in [-0.2, -0.15) is 8.78 Å². The molecule has 1 aromatic heterocycles. The minimum absolute atomic E-state index is 0.0178. The average molecular weight is 526 g/mol. The lowest BCUT2D eigenvalue weighted by Gasteiger charge is -2.30. The van der Waals surface area contributed by atoms with Gasteiger partial charge >= 0.3 is 5.92 Å². The summed E-state index contributed by atoms with van der Waals surface area (Å²) in [7, 11) is 1.56. The number of halogens is 3. The van der Waals surface area contributed by atoms with Gasteiger partial charge in [-0.15, -0.1) is 0 Å². The van der Waals surface area contributed by atoms with E-state index in [1.807, 2.05) is 6.07 Å². The van der Waals surface area contributed by atoms with Crippen LogP contribution in [0, 0.1) is 42.3 Å². The van der Waals surface area contributed by atoms with E-state index in [9.17, 15) is 13.9 Å². The normalized spacial score (nSPS) is 21.4. The van der Waals surface area contributed by atoms with Gasteiger partial charge in [-0.3, -0.25) is 0 Å². The molecule has 38 heavy (non-hydrogen) atoms. The quantitative estimate of drug-likeness (QED) is 0.422. The van der Waals surface area contributed by atoms with Gasteiger partial charge < -0.3 is 19.9 Å². The third kappa shape index (κ3) is 4.56. The number of methoxy groups -OCH3 is 1. The Morgan fingerprint density at radius 2 is 1.89 bits per heavy atom. The molecule has 6 nitrogen and oxygen atoms in total. The lowest BCUT2D eigenvalue weighted by molar-refractivity contribution is -0.170. The maximum Gasteiger partial charge on any atom is 0.303 e. The molecule has 4 atom stereocenters. The van der Waals surface area contributed by atoms with Crippen molar-refractivity contribution in [3.63, 3.8) is 0 Å². The Labute approximate surface area is 219 Å². The molecule has 1 aliphatic carbocycles. The highest BCUT2D eigenvalue weighted by Gasteiger charge is 2.53. The highest BCUT2D eigenvalue weighted by Crippen LogP contribution is 2.50. The SMILES string of the molecule is COc1cc2c(N[C@H](C)c3cccc(C(F)(F)C(C)(C)O)c3F)nc(C)nc2cc1C#CC1[C@H]2COC[C@@H]12. The summed E-state index contributed by atoms with van der Waals surface area (Å²) in [5.41, 5.74) is -1.96. The number of hydrogen-bond acceptors (Lipinski definition) is 6. The number of alkyl halides is 2. The highest BCUT2D eigenvalue weighted by molar-refractivity contribution is 5.92. The second-order valence-electron chi connectivity index (χ2n) is 10.6. The molecule has 1 aliphatic heterocycles. The number of aromatic nitrogens is 2. The largest absolute Gasteiger partial charge is 0.495 e. The van der Waals surface area contributed by atoms with E-state index in [0.29, 0.717) is 51.6 Å². The predicted octanol–water partition coefficient (Wildman–Crippen LogP) is 5.37. The molecular weight excluding hydrogens is 495 g/mol. The summed E-state index contributed by atoms with van der Waals surface area (Å²) in [5, 5.41) is 13.7. The lowest BCUT2D eigenvalue weighted by Crippen LogP contribution is -2.41. The Balaban J connectivity index is 1.48. The zero-order valence-electron chi connectivity index (χ0n) is 21.9. The summed E-state index contributed by atoms with van der Waals surface area (Å²) in [6, 6.07) is 6.66. The molecule has 0 amide bonds. The van der Waals surface area contributed by atoms with Gasteiger partial charge in [0.2, 0.25) is 0 Å². The van der Waals surface area contributed by atoms with Gasteiger partial charge in [-0.1, -0.05) is 24.0 Å². The summed E-state index contributed by atoms with van der Waals surface area (Å²) in [4.78, 5) is 9.04. The molecular formula is C29H30F3N3O3. The number of ether oxygens (including phenoxy) is 2. The molecule has 0 radical (unpaired) electrons. The van der Waals surface area contributed by atoms with Crippen LogP contribution in [0.2, 0.25) is 0 Å². The molecule has 1 saturated heterocycles. The topological polar surface area (TPSA) is 76.5 Å². The molecule has 2 fully saturated rings. The zero-order chi connectivity index (χ0) is 27.4. The zero-order valence-corrected chi connectivity index (χ0v) is 21.9. The fourth-order valence-electron chi connectivity index (χ4n) is 5.00. The number of fused-ring (bicyclic) bond motifs is 2. The lowest BCUT2D eigenvalue weighted by atomic mass is 9.91. The van der Waals surface area contributed by atoms with E-state index in [-0.39, 0.29) is 5.56 Å². The van der Waals surface area contributed by atoms with Crippen LogP contribution in [0.5, 0.6) is 5.75 Å². The molecule has 2 aliphatic rings. The van der Waals surface area contributed by atoms with Crippen molar-refractivity contribution in [2.75, 3.05) is 25.6 Å². The van der Waals surface area contributed by atoms with Crippen LogP contribution in [0.15, 0.2) is 30.3 Å². The monoisotopic (exact) mass is 525 g/mol. The first-order valence-electron chi connectivity index (χ1n) is 12.5. The van der Waals surface area contributed by atoms with Crippen LogP contribution in [-0.2, 0) is 10.7 Å². The third-order valence-corrected chi connectivity index (χ3v) is 7.41. The molecule has 0 bridgehead atoms. The maximum atomic E-state index is 15.3. The van der Waals surface area contributed by atoms with E-state index in [1.165, 1.54) is 12.1 Å². The molecule has 5 rings (SSSR count). The second-order valence-corrected chi connectivity index (χ2v) is 10.6. The molecule has 2 N–H and O–H groups in total. The number of aliphatic hydroxyl groups is 1. The standard InChI is InChI=1S/C29H30F3N3O3/c1-15(18-7-6-8-23(26(18)30)29(31,32)28(3,4)36)33-27-20-12-25(37-5)17(11-24(20)34-16(2)35-27)9-10-19-21-13-38-14-22(19)21/h6-8,11-12,15,19,21-22,36H,13-14H2,1-5H3,(H,33,34,35)/t15-,19?,21-,22+/m1/s1. The van der Waals surface area contributed by atoms with Gasteiger partial charge in [0, 0.05) is 28.7 Å². The maximum absolute atomic E-state index is 15.3. The summed E-state index contributed by atoms with van der Waals surface area (Å²) in [6.07, 6.45) is 0. The van der Waals surface area contributed by atoms with E-state index in [1.54, 1.807) is 27.0 Å². The Morgan fingerprint density at radius 3 is 2.55 bits per heavy atom.